The number of carbonyl (C=O) groups excluding carboxylic acids is 1. The van der Waals surface area contributed by atoms with Crippen LogP contribution in [0, 0.1) is 24.0 Å². The highest BCUT2D eigenvalue weighted by Gasteiger charge is 2.13. The average Bonchev–Trinajstić information content (AvgIpc) is 2.64. The van der Waals surface area contributed by atoms with Crippen molar-refractivity contribution in [2.24, 2.45) is 0 Å². The largest absolute Gasteiger partial charge is 0.352 e. The summed E-state index contributed by atoms with van der Waals surface area (Å²) < 4.78 is 0. The molecule has 1 heterocycles. The van der Waals surface area contributed by atoms with Gasteiger partial charge in [0.05, 0.1) is 16.9 Å². The van der Waals surface area contributed by atoms with E-state index in [4.69, 9.17) is 0 Å². The van der Waals surface area contributed by atoms with Gasteiger partial charge in [0.2, 0.25) is 5.91 Å². The van der Waals surface area contributed by atoms with E-state index in [0.29, 0.717) is 6.54 Å². The van der Waals surface area contributed by atoms with E-state index in [1.165, 1.54) is 12.1 Å². The summed E-state index contributed by atoms with van der Waals surface area (Å²) in [6.07, 6.45) is 0.252. The SMILES string of the molecule is Cc1nc2ccccc2c(C)c1CC(=O)NCc1ccc([N+](=O)[O-])cc1. The first-order valence-corrected chi connectivity index (χ1v) is 8.30. The van der Waals surface area contributed by atoms with Crippen molar-refractivity contribution in [3.05, 3.63) is 81.0 Å². The molecule has 132 valence electrons. The molecular weight excluding hydrogens is 330 g/mol. The topological polar surface area (TPSA) is 85.1 Å². The van der Waals surface area contributed by atoms with Crippen molar-refractivity contribution in [3.63, 3.8) is 0 Å². The molecule has 3 rings (SSSR count). The highest BCUT2D eigenvalue weighted by molar-refractivity contribution is 5.86. The number of amides is 1. The summed E-state index contributed by atoms with van der Waals surface area (Å²) in [4.78, 5) is 27.2. The molecule has 0 aliphatic heterocycles. The number of rotatable bonds is 5. The van der Waals surface area contributed by atoms with Crippen LogP contribution in [0.25, 0.3) is 10.9 Å². The van der Waals surface area contributed by atoms with Gasteiger partial charge in [0.1, 0.15) is 0 Å². The van der Waals surface area contributed by atoms with Gasteiger partial charge in [0.15, 0.2) is 0 Å². The van der Waals surface area contributed by atoms with E-state index in [2.05, 4.69) is 10.3 Å². The molecule has 0 aliphatic rings. The maximum Gasteiger partial charge on any atom is 0.269 e. The van der Waals surface area contributed by atoms with E-state index in [0.717, 1.165) is 33.3 Å². The van der Waals surface area contributed by atoms with Crippen LogP contribution in [0.5, 0.6) is 0 Å². The second kappa shape index (κ2) is 7.31. The van der Waals surface area contributed by atoms with E-state index in [1.54, 1.807) is 12.1 Å². The Hall–Kier alpha value is -3.28. The van der Waals surface area contributed by atoms with Gasteiger partial charge in [-0.1, -0.05) is 30.3 Å². The molecule has 0 spiro atoms. The van der Waals surface area contributed by atoms with Gasteiger partial charge in [0.25, 0.3) is 5.69 Å². The summed E-state index contributed by atoms with van der Waals surface area (Å²) in [5.74, 6) is -0.105. The van der Waals surface area contributed by atoms with Crippen LogP contribution < -0.4 is 5.32 Å². The summed E-state index contributed by atoms with van der Waals surface area (Å²) in [5, 5.41) is 14.6. The molecule has 0 bridgehead atoms. The summed E-state index contributed by atoms with van der Waals surface area (Å²) in [5.41, 5.74) is 4.63. The minimum absolute atomic E-state index is 0.0357. The molecule has 0 aliphatic carbocycles. The number of aromatic nitrogens is 1. The molecule has 2 aromatic carbocycles. The standard InChI is InChI=1S/C20H19N3O3/c1-13-17-5-3-4-6-19(17)22-14(2)18(13)11-20(24)21-12-15-7-9-16(10-8-15)23(25)26/h3-10H,11-12H2,1-2H3,(H,21,24). The first-order valence-electron chi connectivity index (χ1n) is 8.30. The lowest BCUT2D eigenvalue weighted by molar-refractivity contribution is -0.384. The van der Waals surface area contributed by atoms with Crippen LogP contribution in [0.4, 0.5) is 5.69 Å². The quantitative estimate of drug-likeness (QED) is 0.563. The van der Waals surface area contributed by atoms with E-state index in [1.807, 2.05) is 38.1 Å². The molecule has 3 aromatic rings. The zero-order chi connectivity index (χ0) is 18.7. The smallest absolute Gasteiger partial charge is 0.269 e. The average molecular weight is 349 g/mol. The molecule has 0 fully saturated rings. The predicted molar refractivity (Wildman–Crippen MR) is 99.9 cm³/mol. The Labute approximate surface area is 151 Å². The lowest BCUT2D eigenvalue weighted by atomic mass is 9.99. The number of fused-ring (bicyclic) bond motifs is 1. The number of aryl methyl sites for hydroxylation is 2. The zero-order valence-electron chi connectivity index (χ0n) is 14.7. The van der Waals surface area contributed by atoms with Crippen molar-refractivity contribution >= 4 is 22.5 Å². The van der Waals surface area contributed by atoms with Crippen molar-refractivity contribution in [3.8, 4) is 0 Å². The highest BCUT2D eigenvalue weighted by atomic mass is 16.6. The maximum atomic E-state index is 12.4. The molecule has 26 heavy (non-hydrogen) atoms. The Morgan fingerprint density at radius 3 is 2.50 bits per heavy atom. The minimum atomic E-state index is -0.444. The molecule has 6 heteroatoms. The van der Waals surface area contributed by atoms with Crippen LogP contribution in [-0.2, 0) is 17.8 Å². The Balaban J connectivity index is 1.70. The highest BCUT2D eigenvalue weighted by Crippen LogP contribution is 2.23. The minimum Gasteiger partial charge on any atom is -0.352 e. The number of nitrogens with zero attached hydrogens (tertiary/aromatic N) is 2. The van der Waals surface area contributed by atoms with Gasteiger partial charge >= 0.3 is 0 Å². The van der Waals surface area contributed by atoms with Gasteiger partial charge in [-0.05, 0) is 36.6 Å². The van der Waals surface area contributed by atoms with Crippen LogP contribution in [-0.4, -0.2) is 15.8 Å². The normalized spacial score (nSPS) is 10.7. The van der Waals surface area contributed by atoms with E-state index in [9.17, 15) is 14.9 Å². The molecule has 0 radical (unpaired) electrons. The molecule has 6 nitrogen and oxygen atoms in total. The number of nitro groups is 1. The fourth-order valence-electron chi connectivity index (χ4n) is 2.99. The van der Waals surface area contributed by atoms with Gasteiger partial charge < -0.3 is 5.32 Å². The first kappa shape index (κ1) is 17.5. The summed E-state index contributed by atoms with van der Waals surface area (Å²) >= 11 is 0. The number of nitro benzene ring substituents is 1. The van der Waals surface area contributed by atoms with Crippen molar-refractivity contribution in [1.29, 1.82) is 0 Å². The Bertz CT molecular complexity index is 982. The summed E-state index contributed by atoms with van der Waals surface area (Å²) in [6.45, 7) is 4.25. The van der Waals surface area contributed by atoms with Crippen molar-refractivity contribution < 1.29 is 9.72 Å². The number of non-ortho nitro benzene ring substituents is 1. The third-order valence-electron chi connectivity index (χ3n) is 4.46. The van der Waals surface area contributed by atoms with E-state index >= 15 is 0 Å². The molecule has 1 amide bonds. The van der Waals surface area contributed by atoms with Gasteiger partial charge in [-0.2, -0.15) is 0 Å². The monoisotopic (exact) mass is 349 g/mol. The molecule has 0 saturated carbocycles. The number of para-hydroxylation sites is 1. The maximum absolute atomic E-state index is 12.4. The lowest BCUT2D eigenvalue weighted by Gasteiger charge is -2.12. The number of carbonyl (C=O) groups is 1. The van der Waals surface area contributed by atoms with Gasteiger partial charge in [-0.3, -0.25) is 19.9 Å². The Morgan fingerprint density at radius 1 is 1.12 bits per heavy atom. The van der Waals surface area contributed by atoms with Gasteiger partial charge in [0, 0.05) is 29.8 Å². The molecule has 0 unspecified atom stereocenters. The van der Waals surface area contributed by atoms with Crippen LogP contribution in [0.1, 0.15) is 22.4 Å². The van der Waals surface area contributed by atoms with Crippen LogP contribution in [0.15, 0.2) is 48.5 Å². The molecule has 1 N–H and O–H groups in total. The molecule has 0 saturated heterocycles. The fraction of sp³-hybridized carbons (Fsp3) is 0.200. The number of nitrogens with one attached hydrogen (secondary N) is 1. The second-order valence-electron chi connectivity index (χ2n) is 6.19. The van der Waals surface area contributed by atoms with Crippen LogP contribution in [0.3, 0.4) is 0 Å². The molecule has 1 aromatic heterocycles. The third-order valence-corrected chi connectivity index (χ3v) is 4.46. The van der Waals surface area contributed by atoms with Gasteiger partial charge in [-0.25, -0.2) is 0 Å². The number of benzene rings is 2. The Kier molecular flexibility index (Phi) is 4.93. The lowest BCUT2D eigenvalue weighted by Crippen LogP contribution is -2.25. The first-order chi connectivity index (χ1) is 12.5. The van der Waals surface area contributed by atoms with Crippen molar-refractivity contribution in [2.45, 2.75) is 26.8 Å². The number of pyridine rings is 1. The molecule has 0 atom stereocenters. The van der Waals surface area contributed by atoms with Crippen LogP contribution >= 0.6 is 0 Å². The fourth-order valence-corrected chi connectivity index (χ4v) is 2.99. The third kappa shape index (κ3) is 3.69. The zero-order valence-corrected chi connectivity index (χ0v) is 14.7. The Morgan fingerprint density at radius 2 is 1.81 bits per heavy atom. The number of hydrogen-bond acceptors (Lipinski definition) is 4. The van der Waals surface area contributed by atoms with Crippen molar-refractivity contribution in [1.82, 2.24) is 10.3 Å². The van der Waals surface area contributed by atoms with Gasteiger partial charge in [-0.15, -0.1) is 0 Å². The summed E-state index contributed by atoms with van der Waals surface area (Å²) in [7, 11) is 0. The van der Waals surface area contributed by atoms with E-state index in [-0.39, 0.29) is 18.0 Å². The molecular formula is C20H19N3O3. The number of hydrogen-bond donors (Lipinski definition) is 1. The van der Waals surface area contributed by atoms with E-state index < -0.39 is 4.92 Å². The summed E-state index contributed by atoms with van der Waals surface area (Å²) in [6, 6.07) is 14.0. The predicted octanol–water partition coefficient (Wildman–Crippen LogP) is 3.62. The second-order valence-corrected chi connectivity index (χ2v) is 6.19. The van der Waals surface area contributed by atoms with Crippen LogP contribution in [0.2, 0.25) is 0 Å². The van der Waals surface area contributed by atoms with Crippen molar-refractivity contribution in [2.75, 3.05) is 0 Å².